The van der Waals surface area contributed by atoms with Crippen molar-refractivity contribution in [2.24, 2.45) is 0 Å². The predicted molar refractivity (Wildman–Crippen MR) is 86.1 cm³/mol. The van der Waals surface area contributed by atoms with Gasteiger partial charge in [-0.1, -0.05) is 0 Å². The Bertz CT molecular complexity index is 486. The Kier molecular flexibility index (Phi) is 4.95. The first kappa shape index (κ1) is 14.8. The molecule has 2 N–H and O–H groups in total. The first-order valence-electron chi connectivity index (χ1n) is 7.01. The molecule has 20 heavy (non-hydrogen) atoms. The molecule has 1 fully saturated rings. The number of hydrogen-bond donors (Lipinski definition) is 2. The smallest absolute Gasteiger partial charge is 0.254 e. The predicted octanol–water partition coefficient (Wildman–Crippen LogP) is 2.62. The minimum atomic E-state index is 0.125. The number of thiocarbonyl (C=S) groups is 1. The summed E-state index contributed by atoms with van der Waals surface area (Å²) in [7, 11) is 1.77. The van der Waals surface area contributed by atoms with Crippen molar-refractivity contribution in [3.63, 3.8) is 0 Å². The van der Waals surface area contributed by atoms with Gasteiger partial charge in [-0.15, -0.1) is 0 Å². The Morgan fingerprint density at radius 3 is 2.60 bits per heavy atom. The van der Waals surface area contributed by atoms with Gasteiger partial charge >= 0.3 is 0 Å². The average molecular weight is 291 g/mol. The Labute approximate surface area is 125 Å². The molecule has 2 rings (SSSR count). The number of rotatable bonds is 2. The van der Waals surface area contributed by atoms with Gasteiger partial charge in [-0.3, -0.25) is 4.79 Å². The van der Waals surface area contributed by atoms with E-state index in [1.165, 1.54) is 6.42 Å². The lowest BCUT2D eigenvalue weighted by atomic mass is 10.0. The van der Waals surface area contributed by atoms with Crippen LogP contribution in [-0.2, 0) is 0 Å². The van der Waals surface area contributed by atoms with Gasteiger partial charge in [0.15, 0.2) is 5.11 Å². The fraction of sp³-hybridized carbons (Fsp3) is 0.467. The van der Waals surface area contributed by atoms with Crippen LogP contribution in [0.2, 0.25) is 0 Å². The number of anilines is 1. The average Bonchev–Trinajstić information content (AvgIpc) is 2.47. The van der Waals surface area contributed by atoms with Crippen molar-refractivity contribution in [1.29, 1.82) is 0 Å². The summed E-state index contributed by atoms with van der Waals surface area (Å²) in [6, 6.07) is 7.80. The van der Waals surface area contributed by atoms with E-state index in [1.807, 2.05) is 29.2 Å². The maximum Gasteiger partial charge on any atom is 0.254 e. The number of likely N-dealkylation sites (tertiary alicyclic amines) is 1. The third-order valence-electron chi connectivity index (χ3n) is 3.68. The molecule has 1 aliphatic heterocycles. The number of piperidine rings is 1. The molecule has 5 heteroatoms. The zero-order valence-electron chi connectivity index (χ0n) is 12.0. The lowest BCUT2D eigenvalue weighted by Gasteiger charge is -2.33. The van der Waals surface area contributed by atoms with Crippen molar-refractivity contribution in [2.45, 2.75) is 32.2 Å². The quantitative estimate of drug-likeness (QED) is 0.822. The molecule has 0 aromatic heterocycles. The second-order valence-electron chi connectivity index (χ2n) is 5.12. The zero-order valence-corrected chi connectivity index (χ0v) is 12.8. The number of benzene rings is 1. The summed E-state index contributed by atoms with van der Waals surface area (Å²) in [5.41, 5.74) is 1.62. The largest absolute Gasteiger partial charge is 0.366 e. The lowest BCUT2D eigenvalue weighted by molar-refractivity contribution is 0.0635. The number of carbonyl (C=O) groups excluding carboxylic acids is 1. The van der Waals surface area contributed by atoms with Crippen molar-refractivity contribution in [2.75, 3.05) is 18.9 Å². The van der Waals surface area contributed by atoms with Crippen LogP contribution >= 0.6 is 12.2 Å². The third kappa shape index (κ3) is 3.48. The highest BCUT2D eigenvalue weighted by atomic mass is 32.1. The molecule has 108 valence electrons. The summed E-state index contributed by atoms with van der Waals surface area (Å²) in [4.78, 5) is 14.4. The van der Waals surface area contributed by atoms with Crippen LogP contribution in [0, 0.1) is 0 Å². The van der Waals surface area contributed by atoms with E-state index in [-0.39, 0.29) is 5.91 Å². The van der Waals surface area contributed by atoms with Crippen LogP contribution in [0.3, 0.4) is 0 Å². The van der Waals surface area contributed by atoms with Crippen LogP contribution < -0.4 is 10.6 Å². The number of hydrogen-bond acceptors (Lipinski definition) is 2. The number of carbonyl (C=O) groups is 1. The molecule has 1 atom stereocenters. The second-order valence-corrected chi connectivity index (χ2v) is 5.53. The van der Waals surface area contributed by atoms with E-state index in [0.717, 1.165) is 30.6 Å². The van der Waals surface area contributed by atoms with Gasteiger partial charge < -0.3 is 15.5 Å². The van der Waals surface area contributed by atoms with Crippen LogP contribution in [0.4, 0.5) is 5.69 Å². The van der Waals surface area contributed by atoms with E-state index in [4.69, 9.17) is 12.2 Å². The fourth-order valence-corrected chi connectivity index (χ4v) is 2.57. The first-order chi connectivity index (χ1) is 9.61. The Balaban J connectivity index is 2.05. The van der Waals surface area contributed by atoms with Gasteiger partial charge in [-0.05, 0) is 62.7 Å². The SMILES string of the molecule is CNC(=S)Nc1ccc(C(=O)N2CCCCC2C)cc1. The monoisotopic (exact) mass is 291 g/mol. The van der Waals surface area contributed by atoms with Crippen LogP contribution in [0.15, 0.2) is 24.3 Å². The summed E-state index contributed by atoms with van der Waals surface area (Å²) in [5, 5.41) is 6.46. The number of amides is 1. The minimum Gasteiger partial charge on any atom is -0.366 e. The highest BCUT2D eigenvalue weighted by molar-refractivity contribution is 7.80. The van der Waals surface area contributed by atoms with Crippen LogP contribution in [-0.4, -0.2) is 35.6 Å². The molecule has 4 nitrogen and oxygen atoms in total. The molecule has 1 amide bonds. The molecule has 1 heterocycles. The van der Waals surface area contributed by atoms with Gasteiger partial charge in [0.05, 0.1) is 0 Å². The molecule has 0 bridgehead atoms. The molecular weight excluding hydrogens is 270 g/mol. The van der Waals surface area contributed by atoms with Gasteiger partial charge in [0.25, 0.3) is 5.91 Å². The molecule has 0 saturated carbocycles. The fourth-order valence-electron chi connectivity index (χ4n) is 2.46. The van der Waals surface area contributed by atoms with Crippen molar-refractivity contribution in [3.05, 3.63) is 29.8 Å². The van der Waals surface area contributed by atoms with Crippen LogP contribution in [0.25, 0.3) is 0 Å². The van der Waals surface area contributed by atoms with Crippen molar-refractivity contribution in [3.8, 4) is 0 Å². The van der Waals surface area contributed by atoms with Crippen molar-refractivity contribution in [1.82, 2.24) is 10.2 Å². The molecule has 1 aliphatic rings. The lowest BCUT2D eigenvalue weighted by Crippen LogP contribution is -2.42. The maximum absolute atomic E-state index is 12.5. The van der Waals surface area contributed by atoms with E-state index >= 15 is 0 Å². The van der Waals surface area contributed by atoms with Gasteiger partial charge in [0.2, 0.25) is 0 Å². The number of nitrogens with zero attached hydrogens (tertiary/aromatic N) is 1. The second kappa shape index (κ2) is 6.70. The topological polar surface area (TPSA) is 44.4 Å². The summed E-state index contributed by atoms with van der Waals surface area (Å²) in [6.45, 7) is 2.99. The Hall–Kier alpha value is -1.62. The van der Waals surface area contributed by atoms with Gasteiger partial charge in [-0.25, -0.2) is 0 Å². The van der Waals surface area contributed by atoms with E-state index in [0.29, 0.717) is 11.2 Å². The van der Waals surface area contributed by atoms with Crippen molar-refractivity contribution >= 4 is 28.9 Å². The molecule has 1 aromatic rings. The summed E-state index contributed by atoms with van der Waals surface area (Å²) < 4.78 is 0. The van der Waals surface area contributed by atoms with Gasteiger partial charge in [-0.2, -0.15) is 0 Å². The molecule has 1 aromatic carbocycles. The summed E-state index contributed by atoms with van der Waals surface area (Å²) >= 11 is 5.04. The van der Waals surface area contributed by atoms with E-state index in [2.05, 4.69) is 17.6 Å². The minimum absolute atomic E-state index is 0.125. The highest BCUT2D eigenvalue weighted by Crippen LogP contribution is 2.20. The summed E-state index contributed by atoms with van der Waals surface area (Å²) in [5.74, 6) is 0.125. The normalized spacial score (nSPS) is 18.5. The first-order valence-corrected chi connectivity index (χ1v) is 7.42. The summed E-state index contributed by atoms with van der Waals surface area (Å²) in [6.07, 6.45) is 3.42. The van der Waals surface area contributed by atoms with Gasteiger partial charge in [0, 0.05) is 30.9 Å². The molecule has 1 saturated heterocycles. The van der Waals surface area contributed by atoms with E-state index in [1.54, 1.807) is 7.05 Å². The third-order valence-corrected chi connectivity index (χ3v) is 3.99. The Morgan fingerprint density at radius 2 is 2.00 bits per heavy atom. The van der Waals surface area contributed by atoms with Gasteiger partial charge in [0.1, 0.15) is 0 Å². The molecule has 0 aliphatic carbocycles. The molecule has 1 unspecified atom stereocenters. The van der Waals surface area contributed by atoms with Crippen LogP contribution in [0.5, 0.6) is 0 Å². The zero-order chi connectivity index (χ0) is 14.5. The van der Waals surface area contributed by atoms with Crippen LogP contribution in [0.1, 0.15) is 36.5 Å². The number of nitrogens with one attached hydrogen (secondary N) is 2. The standard InChI is InChI=1S/C15H21N3OS/c1-11-5-3-4-10-18(11)14(19)12-6-8-13(9-7-12)17-15(20)16-2/h6-9,11H,3-5,10H2,1-2H3,(H2,16,17,20). The maximum atomic E-state index is 12.5. The molecule has 0 spiro atoms. The van der Waals surface area contributed by atoms with E-state index < -0.39 is 0 Å². The molecule has 0 radical (unpaired) electrons. The van der Waals surface area contributed by atoms with E-state index in [9.17, 15) is 4.79 Å². The Morgan fingerprint density at radius 1 is 1.30 bits per heavy atom. The molecular formula is C15H21N3OS. The highest BCUT2D eigenvalue weighted by Gasteiger charge is 2.23. The van der Waals surface area contributed by atoms with Crippen molar-refractivity contribution < 1.29 is 4.79 Å².